The van der Waals surface area contributed by atoms with E-state index in [0.717, 1.165) is 32.5 Å². The van der Waals surface area contributed by atoms with Crippen molar-refractivity contribution in [2.75, 3.05) is 13.1 Å². The van der Waals surface area contributed by atoms with Crippen LogP contribution in [-0.4, -0.2) is 28.9 Å². The quantitative estimate of drug-likeness (QED) is 0.889. The number of hydrogen-bond donors (Lipinski definition) is 1. The lowest BCUT2D eigenvalue weighted by Crippen LogP contribution is -2.32. The highest BCUT2D eigenvalue weighted by Crippen LogP contribution is 2.19. The average molecular weight is 313 g/mol. The Labute approximate surface area is 136 Å². The molecule has 1 aliphatic heterocycles. The summed E-state index contributed by atoms with van der Waals surface area (Å²) >= 11 is 0. The lowest BCUT2D eigenvalue weighted by Gasteiger charge is -2.15. The van der Waals surface area contributed by atoms with Crippen LogP contribution < -0.4 is 5.32 Å². The van der Waals surface area contributed by atoms with Crippen molar-refractivity contribution >= 4 is 5.91 Å². The lowest BCUT2D eigenvalue weighted by molar-refractivity contribution is -0.124. The molecule has 1 amide bonds. The highest BCUT2D eigenvalue weighted by Gasteiger charge is 2.28. The topological polar surface area (TPSA) is 58.4 Å². The van der Waals surface area contributed by atoms with E-state index in [2.05, 4.69) is 39.5 Å². The molecule has 0 radical (unpaired) electrons. The molecule has 2 aromatic rings. The van der Waals surface area contributed by atoms with Crippen LogP contribution >= 0.6 is 0 Å². The van der Waals surface area contributed by atoms with E-state index in [4.69, 9.17) is 4.42 Å². The number of likely N-dealkylation sites (tertiary alicyclic amines) is 1. The maximum absolute atomic E-state index is 12.3. The van der Waals surface area contributed by atoms with E-state index in [1.807, 2.05) is 13.0 Å². The fraction of sp³-hybridized carbons (Fsp3) is 0.444. The van der Waals surface area contributed by atoms with Crippen LogP contribution in [0.4, 0.5) is 0 Å². The van der Waals surface area contributed by atoms with Gasteiger partial charge in [0.2, 0.25) is 5.91 Å². The van der Waals surface area contributed by atoms with Crippen molar-refractivity contribution in [3.8, 4) is 0 Å². The number of carbonyl (C=O) groups is 1. The number of nitrogens with one attached hydrogen (secondary N) is 1. The minimum absolute atomic E-state index is 0.0623. The van der Waals surface area contributed by atoms with Gasteiger partial charge in [0.25, 0.3) is 0 Å². The van der Waals surface area contributed by atoms with Crippen molar-refractivity contribution in [2.24, 2.45) is 5.92 Å². The minimum atomic E-state index is 0.0623. The second kappa shape index (κ2) is 7.42. The Kier molecular flexibility index (Phi) is 5.08. The van der Waals surface area contributed by atoms with Crippen LogP contribution in [-0.2, 0) is 24.3 Å². The number of hydrogen-bond acceptors (Lipinski definition) is 4. The standard InChI is InChI=1S/C18H23N3O2/c1-2-17-19-10-16(23-17)11-20-18(22)15-8-9-21(13-15)12-14-6-4-3-5-7-14/h3-7,10,15H,2,8-9,11-13H2,1H3,(H,20,22)/t15-/m0/s1. The Bertz CT molecular complexity index is 639. The summed E-state index contributed by atoms with van der Waals surface area (Å²) in [6, 6.07) is 10.4. The van der Waals surface area contributed by atoms with E-state index >= 15 is 0 Å². The van der Waals surface area contributed by atoms with Gasteiger partial charge in [0.05, 0.1) is 18.7 Å². The molecule has 2 heterocycles. The summed E-state index contributed by atoms with van der Waals surface area (Å²) in [5.74, 6) is 1.60. The first-order valence-corrected chi connectivity index (χ1v) is 8.22. The SMILES string of the molecule is CCc1ncc(CNC(=O)[C@H]2CCN(Cc3ccccc3)C2)o1. The average Bonchev–Trinajstić information content (AvgIpc) is 3.23. The maximum Gasteiger partial charge on any atom is 0.224 e. The van der Waals surface area contributed by atoms with Crippen LogP contribution in [0.5, 0.6) is 0 Å². The second-order valence-electron chi connectivity index (χ2n) is 6.00. The molecule has 1 aliphatic rings. The Morgan fingerprint density at radius 2 is 2.22 bits per heavy atom. The van der Waals surface area contributed by atoms with Crippen molar-refractivity contribution in [1.82, 2.24) is 15.2 Å². The van der Waals surface area contributed by atoms with Crippen molar-refractivity contribution in [1.29, 1.82) is 0 Å². The van der Waals surface area contributed by atoms with Gasteiger partial charge in [-0.2, -0.15) is 0 Å². The van der Waals surface area contributed by atoms with Gasteiger partial charge >= 0.3 is 0 Å². The summed E-state index contributed by atoms with van der Waals surface area (Å²) in [7, 11) is 0. The molecule has 0 unspecified atom stereocenters. The molecule has 1 saturated heterocycles. The fourth-order valence-electron chi connectivity index (χ4n) is 2.94. The molecule has 0 saturated carbocycles. The highest BCUT2D eigenvalue weighted by molar-refractivity contribution is 5.79. The fourth-order valence-corrected chi connectivity index (χ4v) is 2.94. The second-order valence-corrected chi connectivity index (χ2v) is 6.00. The molecule has 1 aromatic heterocycles. The molecule has 5 heteroatoms. The van der Waals surface area contributed by atoms with E-state index in [9.17, 15) is 4.79 Å². The Balaban J connectivity index is 1.45. The van der Waals surface area contributed by atoms with Crippen LogP contribution in [0.25, 0.3) is 0 Å². The third kappa shape index (κ3) is 4.20. The first-order chi connectivity index (χ1) is 11.2. The van der Waals surface area contributed by atoms with Gasteiger partial charge in [-0.15, -0.1) is 0 Å². The zero-order valence-corrected chi connectivity index (χ0v) is 13.5. The number of benzene rings is 1. The molecule has 1 aromatic carbocycles. The molecule has 0 aliphatic carbocycles. The molecule has 122 valence electrons. The predicted octanol–water partition coefficient (Wildman–Crippen LogP) is 2.38. The van der Waals surface area contributed by atoms with Gasteiger partial charge in [0.15, 0.2) is 5.89 Å². The van der Waals surface area contributed by atoms with Crippen LogP contribution in [0.1, 0.15) is 30.6 Å². The first kappa shape index (κ1) is 15.7. The predicted molar refractivity (Wildman–Crippen MR) is 87.6 cm³/mol. The molecule has 23 heavy (non-hydrogen) atoms. The van der Waals surface area contributed by atoms with Crippen LogP contribution in [0.2, 0.25) is 0 Å². The third-order valence-electron chi connectivity index (χ3n) is 4.23. The summed E-state index contributed by atoms with van der Waals surface area (Å²) in [6.07, 6.45) is 3.37. The van der Waals surface area contributed by atoms with Crippen LogP contribution in [0, 0.1) is 5.92 Å². The van der Waals surface area contributed by atoms with E-state index in [1.165, 1.54) is 5.56 Å². The van der Waals surface area contributed by atoms with Crippen molar-refractivity contribution < 1.29 is 9.21 Å². The van der Waals surface area contributed by atoms with Gasteiger partial charge in [0.1, 0.15) is 5.76 Å². The largest absolute Gasteiger partial charge is 0.444 e. The molecular weight excluding hydrogens is 290 g/mol. The smallest absolute Gasteiger partial charge is 0.224 e. The zero-order chi connectivity index (χ0) is 16.1. The summed E-state index contributed by atoms with van der Waals surface area (Å²) in [4.78, 5) is 18.8. The molecule has 0 spiro atoms. The Morgan fingerprint density at radius 1 is 1.39 bits per heavy atom. The van der Waals surface area contributed by atoms with Crippen molar-refractivity contribution in [3.63, 3.8) is 0 Å². The molecule has 5 nitrogen and oxygen atoms in total. The van der Waals surface area contributed by atoms with Crippen molar-refractivity contribution in [3.05, 3.63) is 53.7 Å². The van der Waals surface area contributed by atoms with E-state index < -0.39 is 0 Å². The monoisotopic (exact) mass is 313 g/mol. The number of amides is 1. The highest BCUT2D eigenvalue weighted by atomic mass is 16.4. The Hall–Kier alpha value is -2.14. The van der Waals surface area contributed by atoms with Gasteiger partial charge in [-0.05, 0) is 18.5 Å². The number of nitrogens with zero attached hydrogens (tertiary/aromatic N) is 2. The van der Waals surface area contributed by atoms with Gasteiger partial charge in [-0.1, -0.05) is 37.3 Å². The number of carbonyl (C=O) groups excluding carboxylic acids is 1. The molecule has 1 fully saturated rings. The summed E-state index contributed by atoms with van der Waals surface area (Å²) < 4.78 is 5.51. The third-order valence-corrected chi connectivity index (χ3v) is 4.23. The van der Waals surface area contributed by atoms with Gasteiger partial charge < -0.3 is 9.73 Å². The Morgan fingerprint density at radius 3 is 2.96 bits per heavy atom. The zero-order valence-electron chi connectivity index (χ0n) is 13.5. The molecule has 0 bridgehead atoms. The van der Waals surface area contributed by atoms with Gasteiger partial charge in [-0.25, -0.2) is 4.98 Å². The normalized spacial score (nSPS) is 18.2. The maximum atomic E-state index is 12.3. The summed E-state index contributed by atoms with van der Waals surface area (Å²) in [5, 5.41) is 2.96. The number of oxazole rings is 1. The van der Waals surface area contributed by atoms with Gasteiger partial charge in [-0.3, -0.25) is 9.69 Å². The number of aromatic nitrogens is 1. The minimum Gasteiger partial charge on any atom is -0.444 e. The first-order valence-electron chi connectivity index (χ1n) is 8.22. The van der Waals surface area contributed by atoms with Gasteiger partial charge in [0, 0.05) is 19.5 Å². The van der Waals surface area contributed by atoms with Crippen LogP contribution in [0.3, 0.4) is 0 Å². The number of rotatable bonds is 6. The van der Waals surface area contributed by atoms with Crippen LogP contribution in [0.15, 0.2) is 40.9 Å². The summed E-state index contributed by atoms with van der Waals surface area (Å²) in [6.45, 7) is 5.11. The summed E-state index contributed by atoms with van der Waals surface area (Å²) in [5.41, 5.74) is 1.29. The molecule has 1 atom stereocenters. The van der Waals surface area contributed by atoms with E-state index in [1.54, 1.807) is 6.20 Å². The van der Waals surface area contributed by atoms with E-state index in [0.29, 0.717) is 18.2 Å². The lowest BCUT2D eigenvalue weighted by atomic mass is 10.1. The van der Waals surface area contributed by atoms with E-state index in [-0.39, 0.29) is 11.8 Å². The molecule has 1 N–H and O–H groups in total. The van der Waals surface area contributed by atoms with Crippen molar-refractivity contribution in [2.45, 2.75) is 32.9 Å². The molecular formula is C18H23N3O2. The molecule has 3 rings (SSSR count). The number of aryl methyl sites for hydroxylation is 1.